The summed E-state index contributed by atoms with van der Waals surface area (Å²) in [6.07, 6.45) is 1.46. The molecular weight excluding hydrogens is 504 g/mol. The number of hydrogen-bond acceptors (Lipinski definition) is 4. The van der Waals surface area contributed by atoms with Gasteiger partial charge in [-0.2, -0.15) is 0 Å². The average Bonchev–Trinajstić information content (AvgIpc) is 2.63. The lowest BCUT2D eigenvalue weighted by Gasteiger charge is -2.26. The van der Waals surface area contributed by atoms with Gasteiger partial charge in [-0.05, 0) is 84.2 Å². The molecule has 6 nitrogen and oxygen atoms in total. The number of carbonyl (C=O) groups is 3. The summed E-state index contributed by atoms with van der Waals surface area (Å²) in [5, 5.41) is 2.23. The standard InChI is InChI=1S/C21H18Br2N2O4/c1-11(2)29-18-7-4-13(10-17(18)23)9-15-19(26)24-21(28)25(20(15)27)14-5-6-16(22)12(3)8-14/h4-11H,1-3H3,(H,24,26,28)/b15-9-. The number of halogens is 2. The van der Waals surface area contributed by atoms with Crippen LogP contribution in [0.25, 0.3) is 6.08 Å². The Morgan fingerprint density at radius 1 is 1.03 bits per heavy atom. The van der Waals surface area contributed by atoms with Gasteiger partial charge in [0.1, 0.15) is 11.3 Å². The molecule has 8 heteroatoms. The van der Waals surface area contributed by atoms with Gasteiger partial charge in [0.25, 0.3) is 11.8 Å². The van der Waals surface area contributed by atoms with Crippen molar-refractivity contribution >= 4 is 61.5 Å². The Morgan fingerprint density at radius 3 is 2.38 bits per heavy atom. The third-order valence-corrected chi connectivity index (χ3v) is 5.64. The zero-order valence-electron chi connectivity index (χ0n) is 16.0. The second-order valence-electron chi connectivity index (χ2n) is 6.75. The van der Waals surface area contributed by atoms with Crippen LogP contribution in [-0.2, 0) is 9.59 Å². The lowest BCUT2D eigenvalue weighted by Crippen LogP contribution is -2.54. The molecule has 1 saturated heterocycles. The first-order valence-corrected chi connectivity index (χ1v) is 10.4. The third kappa shape index (κ3) is 4.59. The van der Waals surface area contributed by atoms with Gasteiger partial charge in [-0.3, -0.25) is 14.9 Å². The molecular formula is C21H18Br2N2O4. The van der Waals surface area contributed by atoms with E-state index in [0.29, 0.717) is 21.5 Å². The predicted octanol–water partition coefficient (Wildman–Crippen LogP) is 4.97. The highest BCUT2D eigenvalue weighted by Crippen LogP contribution is 2.29. The smallest absolute Gasteiger partial charge is 0.335 e. The number of rotatable bonds is 4. The Morgan fingerprint density at radius 2 is 1.76 bits per heavy atom. The summed E-state index contributed by atoms with van der Waals surface area (Å²) >= 11 is 6.83. The van der Waals surface area contributed by atoms with Crippen molar-refractivity contribution in [2.75, 3.05) is 4.90 Å². The summed E-state index contributed by atoms with van der Waals surface area (Å²) in [6.45, 7) is 5.69. The number of barbiturate groups is 1. The van der Waals surface area contributed by atoms with Crippen molar-refractivity contribution in [1.82, 2.24) is 5.32 Å². The van der Waals surface area contributed by atoms with Crippen LogP contribution >= 0.6 is 31.9 Å². The van der Waals surface area contributed by atoms with Crippen LogP contribution in [0, 0.1) is 6.92 Å². The zero-order valence-corrected chi connectivity index (χ0v) is 19.1. The molecule has 1 N–H and O–H groups in total. The lowest BCUT2D eigenvalue weighted by molar-refractivity contribution is -0.122. The van der Waals surface area contributed by atoms with Crippen LogP contribution in [0.3, 0.4) is 0 Å². The van der Waals surface area contributed by atoms with Crippen molar-refractivity contribution in [3.63, 3.8) is 0 Å². The first kappa shape index (κ1) is 21.3. The van der Waals surface area contributed by atoms with E-state index >= 15 is 0 Å². The van der Waals surface area contributed by atoms with Gasteiger partial charge in [0.05, 0.1) is 16.3 Å². The van der Waals surface area contributed by atoms with Gasteiger partial charge >= 0.3 is 6.03 Å². The molecule has 0 atom stereocenters. The fourth-order valence-electron chi connectivity index (χ4n) is 2.78. The molecule has 1 aliphatic rings. The van der Waals surface area contributed by atoms with E-state index in [1.54, 1.807) is 36.4 Å². The lowest BCUT2D eigenvalue weighted by atomic mass is 10.1. The molecule has 0 bridgehead atoms. The largest absolute Gasteiger partial charge is 0.490 e. The fraction of sp³-hybridized carbons (Fsp3) is 0.190. The number of nitrogens with one attached hydrogen (secondary N) is 1. The molecule has 2 aromatic rings. The summed E-state index contributed by atoms with van der Waals surface area (Å²) in [4.78, 5) is 38.6. The summed E-state index contributed by atoms with van der Waals surface area (Å²) < 4.78 is 7.22. The van der Waals surface area contributed by atoms with Crippen LogP contribution in [0.1, 0.15) is 25.0 Å². The number of urea groups is 1. The van der Waals surface area contributed by atoms with E-state index in [2.05, 4.69) is 37.2 Å². The fourth-order valence-corrected chi connectivity index (χ4v) is 3.52. The minimum Gasteiger partial charge on any atom is -0.490 e. The van der Waals surface area contributed by atoms with Crippen LogP contribution in [-0.4, -0.2) is 23.9 Å². The Bertz CT molecular complexity index is 1050. The van der Waals surface area contributed by atoms with E-state index < -0.39 is 17.8 Å². The Labute approximate surface area is 185 Å². The molecule has 4 amide bonds. The molecule has 0 unspecified atom stereocenters. The molecule has 0 spiro atoms. The van der Waals surface area contributed by atoms with Gasteiger partial charge in [-0.15, -0.1) is 0 Å². The number of carbonyl (C=O) groups excluding carboxylic acids is 3. The molecule has 0 saturated carbocycles. The number of aryl methyl sites for hydroxylation is 1. The monoisotopic (exact) mass is 520 g/mol. The Balaban J connectivity index is 1.97. The minimum atomic E-state index is -0.777. The van der Waals surface area contributed by atoms with Gasteiger partial charge in [0, 0.05) is 4.47 Å². The number of benzene rings is 2. The van der Waals surface area contributed by atoms with Gasteiger partial charge in [-0.1, -0.05) is 22.0 Å². The first-order chi connectivity index (χ1) is 13.7. The number of ether oxygens (including phenoxy) is 1. The Hall–Kier alpha value is -2.45. The van der Waals surface area contributed by atoms with E-state index in [1.807, 2.05) is 20.8 Å². The summed E-state index contributed by atoms with van der Waals surface area (Å²) in [7, 11) is 0. The van der Waals surface area contributed by atoms with E-state index in [1.165, 1.54) is 6.08 Å². The number of amides is 4. The van der Waals surface area contributed by atoms with Crippen molar-refractivity contribution in [2.24, 2.45) is 0 Å². The first-order valence-electron chi connectivity index (χ1n) is 8.81. The summed E-state index contributed by atoms with van der Waals surface area (Å²) in [5.41, 5.74) is 1.73. The van der Waals surface area contributed by atoms with Gasteiger partial charge in [0.15, 0.2) is 0 Å². The number of imide groups is 2. The molecule has 0 aromatic heterocycles. The highest BCUT2D eigenvalue weighted by atomic mass is 79.9. The number of nitrogens with zero attached hydrogens (tertiary/aromatic N) is 1. The van der Waals surface area contributed by atoms with Crippen molar-refractivity contribution in [2.45, 2.75) is 26.9 Å². The van der Waals surface area contributed by atoms with Crippen LogP contribution < -0.4 is 15.0 Å². The molecule has 29 heavy (non-hydrogen) atoms. The molecule has 1 heterocycles. The zero-order chi connectivity index (χ0) is 21.3. The SMILES string of the molecule is Cc1cc(N2C(=O)NC(=O)/C(=C/c3ccc(OC(C)C)c(Br)c3)C2=O)ccc1Br. The molecule has 0 radical (unpaired) electrons. The van der Waals surface area contributed by atoms with Crippen LogP contribution in [0.2, 0.25) is 0 Å². The predicted molar refractivity (Wildman–Crippen MR) is 118 cm³/mol. The maximum Gasteiger partial charge on any atom is 0.335 e. The van der Waals surface area contributed by atoms with Gasteiger partial charge < -0.3 is 4.74 Å². The van der Waals surface area contributed by atoms with Crippen LogP contribution in [0.15, 0.2) is 50.9 Å². The maximum atomic E-state index is 13.0. The number of anilines is 1. The average molecular weight is 522 g/mol. The Kier molecular flexibility index (Phi) is 6.24. The molecule has 0 aliphatic carbocycles. The van der Waals surface area contributed by atoms with Crippen molar-refractivity contribution in [1.29, 1.82) is 0 Å². The topological polar surface area (TPSA) is 75.7 Å². The minimum absolute atomic E-state index is 0.00939. The normalized spacial score (nSPS) is 15.9. The molecule has 1 aliphatic heterocycles. The van der Waals surface area contributed by atoms with E-state index in [0.717, 1.165) is 14.9 Å². The summed E-state index contributed by atoms with van der Waals surface area (Å²) in [6, 6.07) is 9.54. The van der Waals surface area contributed by atoms with E-state index in [9.17, 15) is 14.4 Å². The molecule has 1 fully saturated rings. The van der Waals surface area contributed by atoms with Crippen molar-refractivity contribution in [3.8, 4) is 5.75 Å². The van der Waals surface area contributed by atoms with Gasteiger partial charge in [-0.25, -0.2) is 9.69 Å². The molecule has 3 rings (SSSR count). The number of hydrogen-bond donors (Lipinski definition) is 1. The van der Waals surface area contributed by atoms with E-state index in [-0.39, 0.29) is 11.7 Å². The van der Waals surface area contributed by atoms with Crippen LogP contribution in [0.4, 0.5) is 10.5 Å². The van der Waals surface area contributed by atoms with Crippen molar-refractivity contribution < 1.29 is 19.1 Å². The molecule has 150 valence electrons. The van der Waals surface area contributed by atoms with Crippen LogP contribution in [0.5, 0.6) is 5.75 Å². The second-order valence-corrected chi connectivity index (χ2v) is 8.46. The second kappa shape index (κ2) is 8.51. The van der Waals surface area contributed by atoms with E-state index in [4.69, 9.17) is 4.74 Å². The quantitative estimate of drug-likeness (QED) is 0.455. The summed E-state index contributed by atoms with van der Waals surface area (Å²) in [5.74, 6) is -0.758. The maximum absolute atomic E-state index is 13.0. The highest BCUT2D eigenvalue weighted by molar-refractivity contribution is 9.10. The third-order valence-electron chi connectivity index (χ3n) is 4.13. The highest BCUT2D eigenvalue weighted by Gasteiger charge is 2.36. The van der Waals surface area contributed by atoms with Gasteiger partial charge in [0.2, 0.25) is 0 Å². The molecule has 2 aromatic carbocycles. The van der Waals surface area contributed by atoms with Crippen molar-refractivity contribution in [3.05, 3.63) is 62.0 Å².